The summed E-state index contributed by atoms with van der Waals surface area (Å²) in [5.74, 6) is 1.40. The first-order chi connectivity index (χ1) is 8.11. The summed E-state index contributed by atoms with van der Waals surface area (Å²) in [6.07, 6.45) is 5.29. The number of ether oxygens (including phenoxy) is 2. The Morgan fingerprint density at radius 1 is 1.29 bits per heavy atom. The van der Waals surface area contributed by atoms with Crippen LogP contribution in [0.3, 0.4) is 0 Å². The summed E-state index contributed by atoms with van der Waals surface area (Å²) in [6, 6.07) is 0. The molecule has 0 aromatic carbocycles. The average Bonchev–Trinajstić information content (AvgIpc) is 2.29. The van der Waals surface area contributed by atoms with E-state index >= 15 is 0 Å². The molecule has 0 aromatic heterocycles. The van der Waals surface area contributed by atoms with E-state index in [9.17, 15) is 9.59 Å². The molecule has 17 heavy (non-hydrogen) atoms. The van der Waals surface area contributed by atoms with Gasteiger partial charge in [-0.2, -0.15) is 0 Å². The molecule has 0 spiro atoms. The van der Waals surface area contributed by atoms with E-state index in [1.165, 1.54) is 0 Å². The fraction of sp³-hybridized carbons (Fsp3) is 0.500. The monoisotopic (exact) mass is 305 g/mol. The third-order valence-corrected chi connectivity index (χ3v) is 6.68. The molecule has 0 amide bonds. The molecule has 1 radical (unpaired) electrons. The van der Waals surface area contributed by atoms with Crippen LogP contribution in [0, 0.1) is 0 Å². The van der Waals surface area contributed by atoms with Crippen LogP contribution in [0.15, 0.2) is 22.7 Å². The maximum atomic E-state index is 11.7. The molecular weight excluding hydrogens is 287 g/mol. The van der Waals surface area contributed by atoms with Gasteiger partial charge in [0.15, 0.2) is 0 Å². The zero-order valence-electron chi connectivity index (χ0n) is 10.3. The van der Waals surface area contributed by atoms with Crippen LogP contribution in [0.4, 0.5) is 0 Å². The van der Waals surface area contributed by atoms with Gasteiger partial charge >= 0.3 is 105 Å². The first kappa shape index (κ1) is 14.0. The molecule has 4 nitrogen and oxygen atoms in total. The molecule has 1 atom stereocenters. The summed E-state index contributed by atoms with van der Waals surface area (Å²) in [6.45, 7) is 4.26. The van der Waals surface area contributed by atoms with Gasteiger partial charge in [-0.15, -0.1) is 0 Å². The number of allylic oxidation sites excluding steroid dienone is 2. The van der Waals surface area contributed by atoms with Gasteiger partial charge in [0, 0.05) is 0 Å². The average molecular weight is 304 g/mol. The molecule has 1 aliphatic rings. The predicted octanol–water partition coefficient (Wildman–Crippen LogP) is 1.64. The molecule has 1 rings (SSSR count). The summed E-state index contributed by atoms with van der Waals surface area (Å²) in [5.41, 5.74) is 0. The van der Waals surface area contributed by atoms with Crippen LogP contribution < -0.4 is 0 Å². The van der Waals surface area contributed by atoms with Crippen molar-refractivity contribution in [3.05, 3.63) is 22.7 Å². The van der Waals surface area contributed by atoms with Gasteiger partial charge in [-0.3, -0.25) is 0 Å². The summed E-state index contributed by atoms with van der Waals surface area (Å²) in [4.78, 5) is 23.1. The van der Waals surface area contributed by atoms with Crippen molar-refractivity contribution in [3.8, 4) is 0 Å². The van der Waals surface area contributed by atoms with Gasteiger partial charge in [0.2, 0.25) is 0 Å². The number of carbonyl (C=O) groups is 2. The quantitative estimate of drug-likeness (QED) is 0.585. The maximum absolute atomic E-state index is 11.7. The Kier molecular flexibility index (Phi) is 5.45. The molecule has 0 fully saturated rings. The molecule has 0 saturated carbocycles. The zero-order chi connectivity index (χ0) is 12.8. The van der Waals surface area contributed by atoms with Crippen molar-refractivity contribution in [2.45, 2.75) is 24.5 Å². The van der Waals surface area contributed by atoms with E-state index in [0.717, 1.165) is 0 Å². The molecule has 1 heterocycles. The topological polar surface area (TPSA) is 52.6 Å². The molecule has 0 aliphatic carbocycles. The van der Waals surface area contributed by atoms with Gasteiger partial charge in [0.1, 0.15) is 0 Å². The van der Waals surface area contributed by atoms with Crippen molar-refractivity contribution in [1.82, 2.24) is 0 Å². The van der Waals surface area contributed by atoms with Crippen LogP contribution in [-0.2, 0) is 19.1 Å². The van der Waals surface area contributed by atoms with Crippen LogP contribution >= 0.6 is 0 Å². The second-order valence-electron chi connectivity index (χ2n) is 3.37. The first-order valence-corrected chi connectivity index (χ1v) is 9.04. The van der Waals surface area contributed by atoms with Crippen LogP contribution in [0.5, 0.6) is 0 Å². The first-order valence-electron chi connectivity index (χ1n) is 5.48. The van der Waals surface area contributed by atoms with Crippen molar-refractivity contribution in [1.29, 1.82) is 0 Å². The van der Waals surface area contributed by atoms with E-state index in [1.807, 2.05) is 11.9 Å². The van der Waals surface area contributed by atoms with Crippen LogP contribution in [-0.4, -0.2) is 39.1 Å². The van der Waals surface area contributed by atoms with Crippen molar-refractivity contribution in [2.24, 2.45) is 0 Å². The number of carbonyl (C=O) groups excluding carboxylic acids is 2. The van der Waals surface area contributed by atoms with Gasteiger partial charge < -0.3 is 0 Å². The number of esters is 2. The van der Waals surface area contributed by atoms with Crippen LogP contribution in [0.25, 0.3) is 0 Å². The summed E-state index contributed by atoms with van der Waals surface area (Å²) >= 11 is -1.53. The second-order valence-corrected chi connectivity index (χ2v) is 7.70. The molecule has 0 aromatic rings. The fourth-order valence-electron chi connectivity index (χ4n) is 1.45. The fourth-order valence-corrected chi connectivity index (χ4v) is 4.75. The Hall–Kier alpha value is -1.06. The minimum atomic E-state index is -1.53. The Bertz CT molecular complexity index is 360. The second kappa shape index (κ2) is 6.62. The number of hydrogen-bond acceptors (Lipinski definition) is 4. The molecule has 1 unspecified atom stereocenters. The van der Waals surface area contributed by atoms with Crippen molar-refractivity contribution in [2.75, 3.05) is 13.2 Å². The summed E-state index contributed by atoms with van der Waals surface area (Å²) in [5, 5.41) is 0. The Morgan fingerprint density at radius 2 is 1.94 bits per heavy atom. The van der Waals surface area contributed by atoms with E-state index in [-0.39, 0.29) is 16.8 Å². The van der Waals surface area contributed by atoms with Crippen LogP contribution in [0.2, 0.25) is 10.6 Å². The molecule has 1 aliphatic heterocycles. The summed E-state index contributed by atoms with van der Waals surface area (Å²) in [7, 11) is 0. The molecule has 0 bridgehead atoms. The van der Waals surface area contributed by atoms with E-state index < -0.39 is 13.9 Å². The molecule has 95 valence electrons. The SMILES string of the molecule is CCOC(=O)C1=CC=CC(C(=O)OCC)[Se]1C. The molecule has 0 N–H and O–H groups in total. The number of hydrogen-bond donors (Lipinski definition) is 0. The standard InChI is InChI=1S/C12H17O4Se/c1-4-15-11(13)9-7-6-8-10(17(9)3)12(14)16-5-2/h6-9H,4-5H2,1-3H3. The minimum absolute atomic E-state index is 0.244. The third-order valence-electron chi connectivity index (χ3n) is 2.26. The number of rotatable bonds is 4. The van der Waals surface area contributed by atoms with Gasteiger partial charge in [-0.05, 0) is 0 Å². The van der Waals surface area contributed by atoms with Crippen LogP contribution in [0.1, 0.15) is 13.8 Å². The Morgan fingerprint density at radius 3 is 2.53 bits per heavy atom. The van der Waals surface area contributed by atoms with Gasteiger partial charge in [-0.1, -0.05) is 0 Å². The van der Waals surface area contributed by atoms with Crippen molar-refractivity contribution >= 4 is 25.8 Å². The third kappa shape index (κ3) is 3.45. The Labute approximate surface area is 106 Å². The van der Waals surface area contributed by atoms with Gasteiger partial charge in [0.25, 0.3) is 0 Å². The van der Waals surface area contributed by atoms with E-state index in [1.54, 1.807) is 26.0 Å². The van der Waals surface area contributed by atoms with Gasteiger partial charge in [0.05, 0.1) is 0 Å². The molecule has 5 heteroatoms. The van der Waals surface area contributed by atoms with Crippen molar-refractivity contribution in [3.63, 3.8) is 0 Å². The van der Waals surface area contributed by atoms with E-state index in [4.69, 9.17) is 9.47 Å². The van der Waals surface area contributed by atoms with E-state index in [2.05, 4.69) is 0 Å². The van der Waals surface area contributed by atoms with E-state index in [0.29, 0.717) is 17.7 Å². The Balaban J connectivity index is 2.77. The molecule has 0 saturated heterocycles. The summed E-state index contributed by atoms with van der Waals surface area (Å²) < 4.78 is 10.6. The van der Waals surface area contributed by atoms with Crippen molar-refractivity contribution < 1.29 is 19.1 Å². The predicted molar refractivity (Wildman–Crippen MR) is 65.9 cm³/mol. The molecular formula is C12H17O4Se. The van der Waals surface area contributed by atoms with Gasteiger partial charge in [-0.25, -0.2) is 0 Å². The normalized spacial score (nSPS) is 19.7. The zero-order valence-corrected chi connectivity index (χ0v) is 12.0.